The van der Waals surface area contributed by atoms with Crippen molar-refractivity contribution >= 4 is 27.7 Å². The number of anilines is 1. The standard InChI is InChI=1S/C21H21BrN4O3/c1-2-28-16-5-3-15(4-6-16)17-13-20(24-14-23-17)25-9-11-26(12-10-25)21(27)18-7-8-19(22)29-18/h3-8,13-14H,2,9-12H2,1H3. The van der Waals surface area contributed by atoms with Gasteiger partial charge in [0.1, 0.15) is 17.9 Å². The lowest BCUT2D eigenvalue weighted by Crippen LogP contribution is -2.49. The van der Waals surface area contributed by atoms with E-state index in [0.29, 0.717) is 43.2 Å². The van der Waals surface area contributed by atoms with Gasteiger partial charge in [0, 0.05) is 37.8 Å². The molecule has 0 bridgehead atoms. The molecular weight excluding hydrogens is 436 g/mol. The van der Waals surface area contributed by atoms with Gasteiger partial charge in [-0.2, -0.15) is 0 Å². The van der Waals surface area contributed by atoms with E-state index in [-0.39, 0.29) is 5.91 Å². The summed E-state index contributed by atoms with van der Waals surface area (Å²) in [5.41, 5.74) is 1.87. The lowest BCUT2D eigenvalue weighted by molar-refractivity contribution is 0.0713. The summed E-state index contributed by atoms with van der Waals surface area (Å²) in [6.45, 7) is 5.23. The molecule has 8 heteroatoms. The number of piperazine rings is 1. The number of rotatable bonds is 5. The molecule has 1 fully saturated rings. The molecule has 3 heterocycles. The largest absolute Gasteiger partial charge is 0.494 e. The van der Waals surface area contributed by atoms with Crippen molar-refractivity contribution in [3.63, 3.8) is 0 Å². The van der Waals surface area contributed by atoms with Crippen LogP contribution < -0.4 is 9.64 Å². The highest BCUT2D eigenvalue weighted by atomic mass is 79.9. The van der Waals surface area contributed by atoms with Crippen molar-refractivity contribution in [1.82, 2.24) is 14.9 Å². The normalized spacial score (nSPS) is 14.1. The topological polar surface area (TPSA) is 71.7 Å². The molecular formula is C21H21BrN4O3. The number of carbonyl (C=O) groups is 1. The van der Waals surface area contributed by atoms with Gasteiger partial charge in [-0.05, 0) is 59.3 Å². The molecule has 1 aliphatic rings. The molecule has 0 spiro atoms. The second kappa shape index (κ2) is 8.65. The van der Waals surface area contributed by atoms with Crippen LogP contribution in [0.25, 0.3) is 11.3 Å². The van der Waals surface area contributed by atoms with E-state index in [1.807, 2.05) is 37.3 Å². The molecule has 7 nitrogen and oxygen atoms in total. The molecule has 3 aromatic rings. The third-order valence-corrected chi connectivity index (χ3v) is 5.21. The first kappa shape index (κ1) is 19.4. The Bertz CT molecular complexity index is 982. The molecule has 0 saturated carbocycles. The highest BCUT2D eigenvalue weighted by molar-refractivity contribution is 9.10. The van der Waals surface area contributed by atoms with Gasteiger partial charge >= 0.3 is 0 Å². The summed E-state index contributed by atoms with van der Waals surface area (Å²) in [6, 6.07) is 13.3. The van der Waals surface area contributed by atoms with Crippen LogP contribution in [0.15, 0.2) is 57.9 Å². The van der Waals surface area contributed by atoms with Gasteiger partial charge in [0.2, 0.25) is 0 Å². The SMILES string of the molecule is CCOc1ccc(-c2cc(N3CCN(C(=O)c4ccc(Br)o4)CC3)ncn2)cc1. The number of furan rings is 1. The van der Waals surface area contributed by atoms with Gasteiger partial charge in [-0.15, -0.1) is 0 Å². The predicted octanol–water partition coefficient (Wildman–Crippen LogP) is 3.86. The molecule has 0 atom stereocenters. The van der Waals surface area contributed by atoms with E-state index in [0.717, 1.165) is 22.8 Å². The first-order valence-electron chi connectivity index (χ1n) is 9.49. The molecule has 0 aliphatic carbocycles. The molecule has 1 aromatic carbocycles. The Morgan fingerprint density at radius 3 is 2.52 bits per heavy atom. The summed E-state index contributed by atoms with van der Waals surface area (Å²) >= 11 is 3.24. The number of benzene rings is 1. The number of ether oxygens (including phenoxy) is 1. The average Bonchev–Trinajstić information content (AvgIpc) is 3.20. The average molecular weight is 457 g/mol. The minimum Gasteiger partial charge on any atom is -0.494 e. The molecule has 1 amide bonds. The Balaban J connectivity index is 1.42. The number of amides is 1. The van der Waals surface area contributed by atoms with E-state index in [4.69, 9.17) is 9.15 Å². The van der Waals surface area contributed by atoms with Crippen molar-refractivity contribution in [2.75, 3.05) is 37.7 Å². The summed E-state index contributed by atoms with van der Waals surface area (Å²) in [6.07, 6.45) is 1.58. The molecule has 0 radical (unpaired) electrons. The van der Waals surface area contributed by atoms with Crippen LogP contribution in [0, 0.1) is 0 Å². The summed E-state index contributed by atoms with van der Waals surface area (Å²) in [4.78, 5) is 25.3. The van der Waals surface area contributed by atoms with Crippen LogP contribution in [0.5, 0.6) is 5.75 Å². The monoisotopic (exact) mass is 456 g/mol. The Morgan fingerprint density at radius 1 is 1.10 bits per heavy atom. The van der Waals surface area contributed by atoms with Crippen LogP contribution in [-0.4, -0.2) is 53.6 Å². The van der Waals surface area contributed by atoms with E-state index in [9.17, 15) is 4.79 Å². The van der Waals surface area contributed by atoms with Crippen molar-refractivity contribution in [2.24, 2.45) is 0 Å². The number of aromatic nitrogens is 2. The van der Waals surface area contributed by atoms with Crippen molar-refractivity contribution in [2.45, 2.75) is 6.92 Å². The molecule has 0 N–H and O–H groups in total. The van der Waals surface area contributed by atoms with Gasteiger partial charge in [-0.25, -0.2) is 9.97 Å². The highest BCUT2D eigenvalue weighted by Crippen LogP contribution is 2.24. The first-order chi connectivity index (χ1) is 14.1. The smallest absolute Gasteiger partial charge is 0.289 e. The van der Waals surface area contributed by atoms with Gasteiger partial charge in [0.15, 0.2) is 10.4 Å². The Kier molecular flexibility index (Phi) is 5.80. The van der Waals surface area contributed by atoms with Crippen LogP contribution in [0.2, 0.25) is 0 Å². The number of nitrogens with zero attached hydrogens (tertiary/aromatic N) is 4. The van der Waals surface area contributed by atoms with E-state index in [1.165, 1.54) is 0 Å². The minimum absolute atomic E-state index is 0.0897. The predicted molar refractivity (Wildman–Crippen MR) is 113 cm³/mol. The first-order valence-corrected chi connectivity index (χ1v) is 10.3. The van der Waals surface area contributed by atoms with Crippen LogP contribution in [0.3, 0.4) is 0 Å². The molecule has 4 rings (SSSR count). The van der Waals surface area contributed by atoms with Gasteiger partial charge in [0.25, 0.3) is 5.91 Å². The van der Waals surface area contributed by atoms with Crippen LogP contribution in [0.4, 0.5) is 5.82 Å². The number of hydrogen-bond donors (Lipinski definition) is 0. The summed E-state index contributed by atoms with van der Waals surface area (Å²) < 4.78 is 11.4. The Morgan fingerprint density at radius 2 is 1.86 bits per heavy atom. The molecule has 0 unspecified atom stereocenters. The molecule has 2 aromatic heterocycles. The maximum absolute atomic E-state index is 12.5. The van der Waals surface area contributed by atoms with Gasteiger partial charge in [0.05, 0.1) is 12.3 Å². The third-order valence-electron chi connectivity index (χ3n) is 4.79. The number of carbonyl (C=O) groups excluding carboxylic acids is 1. The second-order valence-electron chi connectivity index (χ2n) is 6.60. The lowest BCUT2D eigenvalue weighted by Gasteiger charge is -2.35. The van der Waals surface area contributed by atoms with Crippen LogP contribution >= 0.6 is 15.9 Å². The maximum atomic E-state index is 12.5. The van der Waals surface area contributed by atoms with Gasteiger partial charge < -0.3 is 19.0 Å². The summed E-state index contributed by atoms with van der Waals surface area (Å²) in [5, 5.41) is 0. The second-order valence-corrected chi connectivity index (χ2v) is 7.38. The molecule has 1 aliphatic heterocycles. The minimum atomic E-state index is -0.0897. The highest BCUT2D eigenvalue weighted by Gasteiger charge is 2.25. The third kappa shape index (κ3) is 4.42. The molecule has 29 heavy (non-hydrogen) atoms. The Labute approximate surface area is 177 Å². The fourth-order valence-electron chi connectivity index (χ4n) is 3.29. The quantitative estimate of drug-likeness (QED) is 0.580. The van der Waals surface area contributed by atoms with Crippen molar-refractivity contribution in [3.05, 3.63) is 59.2 Å². The van der Waals surface area contributed by atoms with E-state index in [1.54, 1.807) is 23.4 Å². The zero-order valence-corrected chi connectivity index (χ0v) is 17.6. The van der Waals surface area contributed by atoms with E-state index in [2.05, 4.69) is 30.8 Å². The zero-order chi connectivity index (χ0) is 20.2. The van der Waals surface area contributed by atoms with Crippen LogP contribution in [0.1, 0.15) is 17.5 Å². The van der Waals surface area contributed by atoms with Crippen molar-refractivity contribution < 1.29 is 13.9 Å². The number of hydrogen-bond acceptors (Lipinski definition) is 6. The zero-order valence-electron chi connectivity index (χ0n) is 16.0. The molecule has 150 valence electrons. The van der Waals surface area contributed by atoms with Crippen molar-refractivity contribution in [1.29, 1.82) is 0 Å². The van der Waals surface area contributed by atoms with Gasteiger partial charge in [-0.3, -0.25) is 4.79 Å². The Hall–Kier alpha value is -2.87. The van der Waals surface area contributed by atoms with E-state index >= 15 is 0 Å². The maximum Gasteiger partial charge on any atom is 0.289 e. The lowest BCUT2D eigenvalue weighted by atomic mass is 10.1. The van der Waals surface area contributed by atoms with E-state index < -0.39 is 0 Å². The fourth-order valence-corrected chi connectivity index (χ4v) is 3.60. The summed E-state index contributed by atoms with van der Waals surface area (Å²) in [5.74, 6) is 1.96. The fraction of sp³-hybridized carbons (Fsp3) is 0.286. The summed E-state index contributed by atoms with van der Waals surface area (Å²) in [7, 11) is 0. The van der Waals surface area contributed by atoms with Crippen LogP contribution in [-0.2, 0) is 0 Å². The molecule has 1 saturated heterocycles. The van der Waals surface area contributed by atoms with Crippen molar-refractivity contribution in [3.8, 4) is 17.0 Å². The van der Waals surface area contributed by atoms with Gasteiger partial charge in [-0.1, -0.05) is 0 Å². The number of halogens is 1.